The van der Waals surface area contributed by atoms with Crippen LogP contribution < -0.4 is 4.72 Å². The van der Waals surface area contributed by atoms with Crippen molar-refractivity contribution in [1.82, 2.24) is 29.7 Å². The SMILES string of the molecule is [C-]#[N+]C1(NS(=O)(=O)c2cc(-c3ccc(S(=O)(=O)C(C)C)nc3)c3c(c2)c(-c2nnc(C(F)F)s2)nn3C)CC1. The number of halogens is 2. The number of hydrogen-bond acceptors (Lipinski definition) is 9. The molecule has 3 heterocycles. The number of sulfone groups is 1. The third kappa shape index (κ3) is 4.80. The van der Waals surface area contributed by atoms with E-state index in [4.69, 9.17) is 6.57 Å². The number of aromatic nitrogens is 5. The molecule has 16 heteroatoms. The predicted octanol–water partition coefficient (Wildman–Crippen LogP) is 3.96. The summed E-state index contributed by atoms with van der Waals surface area (Å²) >= 11 is 0.636. The van der Waals surface area contributed by atoms with Gasteiger partial charge in [-0.3, -0.25) is 9.53 Å². The summed E-state index contributed by atoms with van der Waals surface area (Å²) < 4.78 is 82.2. The van der Waals surface area contributed by atoms with Crippen LogP contribution in [0.5, 0.6) is 0 Å². The highest BCUT2D eigenvalue weighted by Crippen LogP contribution is 2.41. The number of pyridine rings is 1. The number of fused-ring (bicyclic) bond motifs is 1. The van der Waals surface area contributed by atoms with Gasteiger partial charge in [-0.05, 0) is 38.1 Å². The molecule has 4 aromatic rings. The van der Waals surface area contributed by atoms with Crippen molar-refractivity contribution in [3.05, 3.63) is 46.9 Å². The molecule has 5 rings (SSSR count). The van der Waals surface area contributed by atoms with Crippen LogP contribution in [-0.2, 0) is 26.9 Å². The van der Waals surface area contributed by atoms with Gasteiger partial charge in [0.15, 0.2) is 24.9 Å². The summed E-state index contributed by atoms with van der Waals surface area (Å²) in [5.41, 5.74) is 0.122. The maximum Gasteiger partial charge on any atom is 0.299 e. The Bertz CT molecular complexity index is 1860. The molecule has 1 N–H and O–H groups in total. The second kappa shape index (κ2) is 9.37. The van der Waals surface area contributed by atoms with E-state index in [2.05, 4.69) is 29.8 Å². The smallest absolute Gasteiger partial charge is 0.292 e. The standard InChI is InChI=1S/C23H21F2N7O4S3/c1-12(2)38(33,34)17-6-5-13(11-27-17)15-9-14(39(35,36)31-23(26-3)7-8-23)10-16-18(30-32(4)19(15)16)21-28-29-22(37-21)20(24)25/h5-6,9-12,20,31H,7-8H2,1-2,4H3. The van der Waals surface area contributed by atoms with Crippen LogP contribution in [0, 0.1) is 6.57 Å². The lowest BCUT2D eigenvalue weighted by Crippen LogP contribution is -2.34. The Morgan fingerprint density at radius 3 is 2.41 bits per heavy atom. The Kier molecular flexibility index (Phi) is 6.53. The third-order valence-corrected chi connectivity index (χ3v) is 10.8. The van der Waals surface area contributed by atoms with Gasteiger partial charge in [-0.15, -0.1) is 14.9 Å². The molecule has 0 bridgehead atoms. The number of sulfonamides is 1. The highest BCUT2D eigenvalue weighted by molar-refractivity contribution is 7.92. The van der Waals surface area contributed by atoms with Gasteiger partial charge in [0.1, 0.15) is 5.69 Å². The summed E-state index contributed by atoms with van der Waals surface area (Å²) in [5, 5.41) is 10.8. The van der Waals surface area contributed by atoms with Crippen molar-refractivity contribution < 1.29 is 25.6 Å². The molecule has 0 aliphatic heterocycles. The first-order valence-electron chi connectivity index (χ1n) is 11.5. The molecule has 1 fully saturated rings. The minimum absolute atomic E-state index is 0.0701. The Morgan fingerprint density at radius 2 is 1.87 bits per heavy atom. The van der Waals surface area contributed by atoms with Crippen LogP contribution in [0.2, 0.25) is 0 Å². The second-order valence-electron chi connectivity index (χ2n) is 9.31. The van der Waals surface area contributed by atoms with Crippen molar-refractivity contribution in [2.75, 3.05) is 0 Å². The molecule has 39 heavy (non-hydrogen) atoms. The fourth-order valence-electron chi connectivity index (χ4n) is 3.96. The van der Waals surface area contributed by atoms with Crippen molar-refractivity contribution in [2.45, 2.75) is 53.9 Å². The van der Waals surface area contributed by atoms with Gasteiger partial charge in [0.25, 0.3) is 12.1 Å². The summed E-state index contributed by atoms with van der Waals surface area (Å²) in [4.78, 5) is 7.34. The average Bonchev–Trinajstić information content (AvgIpc) is 3.31. The molecule has 0 unspecified atom stereocenters. The number of nitrogens with one attached hydrogen (secondary N) is 1. The molecule has 0 spiro atoms. The maximum atomic E-state index is 13.4. The van der Waals surface area contributed by atoms with Gasteiger partial charge in [-0.2, -0.15) is 5.10 Å². The van der Waals surface area contributed by atoms with Gasteiger partial charge in [-0.25, -0.2) is 37.2 Å². The van der Waals surface area contributed by atoms with Gasteiger partial charge in [-0.1, -0.05) is 11.3 Å². The topological polar surface area (TPSA) is 141 Å². The summed E-state index contributed by atoms with van der Waals surface area (Å²) in [5.74, 6) is 0. The molecule has 0 atom stereocenters. The monoisotopic (exact) mass is 593 g/mol. The Morgan fingerprint density at radius 1 is 1.15 bits per heavy atom. The molecular weight excluding hydrogens is 572 g/mol. The lowest BCUT2D eigenvalue weighted by atomic mass is 10.0. The van der Waals surface area contributed by atoms with Crippen LogP contribution in [0.3, 0.4) is 0 Å². The first kappa shape index (κ1) is 27.2. The van der Waals surface area contributed by atoms with Crippen molar-refractivity contribution in [3.8, 4) is 21.8 Å². The van der Waals surface area contributed by atoms with Gasteiger partial charge in [0.2, 0.25) is 10.0 Å². The van der Waals surface area contributed by atoms with Crippen LogP contribution in [0.4, 0.5) is 8.78 Å². The minimum atomic E-state index is -4.20. The molecule has 11 nitrogen and oxygen atoms in total. The van der Waals surface area contributed by atoms with Crippen molar-refractivity contribution in [3.63, 3.8) is 0 Å². The van der Waals surface area contributed by atoms with E-state index < -0.39 is 42.2 Å². The number of hydrogen-bond donors (Lipinski definition) is 1. The summed E-state index contributed by atoms with van der Waals surface area (Å²) in [6, 6.07) is 5.58. The molecule has 1 aliphatic carbocycles. The van der Waals surface area contributed by atoms with E-state index in [0.717, 1.165) is 0 Å². The summed E-state index contributed by atoms with van der Waals surface area (Å²) in [7, 11) is -6.25. The number of nitrogens with zero attached hydrogens (tertiary/aromatic N) is 6. The quantitative estimate of drug-likeness (QED) is 0.303. The van der Waals surface area contributed by atoms with Crippen LogP contribution in [-0.4, -0.2) is 52.7 Å². The Hall–Kier alpha value is -3.39. The molecule has 1 aliphatic rings. The third-order valence-electron chi connectivity index (χ3n) is 6.27. The van der Waals surface area contributed by atoms with Crippen LogP contribution in [0.15, 0.2) is 40.4 Å². The van der Waals surface area contributed by atoms with Crippen molar-refractivity contribution in [2.24, 2.45) is 7.05 Å². The molecule has 0 amide bonds. The van der Waals surface area contributed by atoms with E-state index >= 15 is 0 Å². The van der Waals surface area contributed by atoms with Gasteiger partial charge in [0.05, 0.1) is 28.5 Å². The van der Waals surface area contributed by atoms with Gasteiger partial charge < -0.3 is 0 Å². The predicted molar refractivity (Wildman–Crippen MR) is 139 cm³/mol. The van der Waals surface area contributed by atoms with E-state index in [9.17, 15) is 25.6 Å². The highest BCUT2D eigenvalue weighted by Gasteiger charge is 2.54. The molecule has 0 saturated heterocycles. The second-order valence-corrected chi connectivity index (χ2v) is 14.5. The lowest BCUT2D eigenvalue weighted by molar-refractivity contribution is 0.150. The molecular formula is C23H21F2N7O4S3. The first-order chi connectivity index (χ1) is 18.3. The number of rotatable bonds is 8. The summed E-state index contributed by atoms with van der Waals surface area (Å²) in [6.07, 6.45) is -0.765. The van der Waals surface area contributed by atoms with Gasteiger partial charge in [0, 0.05) is 29.8 Å². The fraction of sp³-hybridized carbons (Fsp3) is 0.348. The van der Waals surface area contributed by atoms with Crippen LogP contribution in [0.1, 0.15) is 38.1 Å². The van der Waals surface area contributed by atoms with E-state index in [1.165, 1.54) is 49.0 Å². The highest BCUT2D eigenvalue weighted by atomic mass is 32.2. The first-order valence-corrected chi connectivity index (χ1v) is 15.4. The normalized spacial score (nSPS) is 15.2. The fourth-order valence-corrected chi connectivity index (χ4v) is 7.01. The number of aryl methyl sites for hydroxylation is 1. The number of benzene rings is 1. The molecule has 1 saturated carbocycles. The largest absolute Gasteiger partial charge is 0.299 e. The molecule has 0 radical (unpaired) electrons. The van der Waals surface area contributed by atoms with Gasteiger partial charge >= 0.3 is 0 Å². The van der Waals surface area contributed by atoms with Crippen molar-refractivity contribution in [1.29, 1.82) is 0 Å². The van der Waals surface area contributed by atoms with E-state index in [1.807, 2.05) is 0 Å². The van der Waals surface area contributed by atoms with Crippen LogP contribution >= 0.6 is 11.3 Å². The average molecular weight is 594 g/mol. The Balaban J connectivity index is 1.74. The lowest BCUT2D eigenvalue weighted by Gasteiger charge is -2.12. The molecule has 1 aromatic carbocycles. The van der Waals surface area contributed by atoms with E-state index in [-0.39, 0.29) is 20.6 Å². The van der Waals surface area contributed by atoms with Crippen molar-refractivity contribution >= 4 is 42.1 Å². The maximum absolute atomic E-state index is 13.4. The zero-order valence-corrected chi connectivity index (χ0v) is 23.2. The zero-order chi connectivity index (χ0) is 28.3. The summed E-state index contributed by atoms with van der Waals surface area (Å²) in [6.45, 7) is 10.4. The molecule has 3 aromatic heterocycles. The van der Waals surface area contributed by atoms with Crippen LogP contribution in [0.25, 0.3) is 37.6 Å². The van der Waals surface area contributed by atoms with E-state index in [1.54, 1.807) is 7.05 Å². The number of alkyl halides is 2. The zero-order valence-electron chi connectivity index (χ0n) is 20.8. The molecule has 204 valence electrons. The Labute approximate surface area is 226 Å². The minimum Gasteiger partial charge on any atom is -0.292 e. The van der Waals surface area contributed by atoms with E-state index in [0.29, 0.717) is 46.2 Å².